The van der Waals surface area contributed by atoms with Gasteiger partial charge in [0.1, 0.15) is 24.2 Å². The second kappa shape index (κ2) is 13.2. The Balaban J connectivity index is 1.89. The molecule has 0 aliphatic carbocycles. The molecular weight excluding hydrogens is 531 g/mol. The highest BCUT2D eigenvalue weighted by molar-refractivity contribution is 5.94. The minimum Gasteiger partial charge on any atom is -0.460 e. The summed E-state index contributed by atoms with van der Waals surface area (Å²) in [7, 11) is 0. The Bertz CT molecular complexity index is 1090. The third-order valence-corrected chi connectivity index (χ3v) is 7.16. The summed E-state index contributed by atoms with van der Waals surface area (Å²) in [5.41, 5.74) is -1.91. The first kappa shape index (κ1) is 31.0. The van der Waals surface area contributed by atoms with Gasteiger partial charge in [-0.15, -0.1) is 10.2 Å². The molecule has 3 amide bonds. The number of esters is 1. The van der Waals surface area contributed by atoms with E-state index in [9.17, 15) is 32.3 Å². The lowest BCUT2D eigenvalue weighted by molar-refractivity contribution is -0.165. The number of carbonyl (C=O) groups excluding carboxylic acids is 4. The summed E-state index contributed by atoms with van der Waals surface area (Å²) in [4.78, 5) is 52.5. The fourth-order valence-corrected chi connectivity index (χ4v) is 4.49. The molecule has 13 heteroatoms. The smallest absolute Gasteiger partial charge is 0.437 e. The lowest BCUT2D eigenvalue weighted by Crippen LogP contribution is -2.56. The number of rotatable bonds is 9. The third kappa shape index (κ3) is 8.25. The normalized spacial score (nSPS) is 26.2. The molecule has 1 aromatic carbocycles. The molecule has 3 rings (SSSR count). The molecule has 40 heavy (non-hydrogen) atoms. The second-order valence-electron chi connectivity index (χ2n) is 10.5. The van der Waals surface area contributed by atoms with E-state index in [2.05, 4.69) is 26.2 Å². The van der Waals surface area contributed by atoms with Gasteiger partial charge in [0.2, 0.25) is 17.7 Å². The molecule has 0 unspecified atom stereocenters. The summed E-state index contributed by atoms with van der Waals surface area (Å²) in [6, 6.07) is 5.08. The molecule has 0 bridgehead atoms. The number of amides is 3. The Morgan fingerprint density at radius 2 is 1.68 bits per heavy atom. The van der Waals surface area contributed by atoms with Crippen molar-refractivity contribution in [2.24, 2.45) is 16.1 Å². The number of nitrogens with zero attached hydrogens (tertiary/aromatic N) is 2. The van der Waals surface area contributed by atoms with Crippen LogP contribution in [-0.2, 0) is 30.3 Å². The van der Waals surface area contributed by atoms with Crippen LogP contribution < -0.4 is 16.0 Å². The van der Waals surface area contributed by atoms with E-state index < -0.39 is 72.6 Å². The highest BCUT2D eigenvalue weighted by Crippen LogP contribution is 2.47. The predicted octanol–water partition coefficient (Wildman–Crippen LogP) is 3.35. The zero-order valence-corrected chi connectivity index (χ0v) is 22.8. The molecule has 0 spiro atoms. The summed E-state index contributed by atoms with van der Waals surface area (Å²) in [5.74, 6) is -3.15. The van der Waals surface area contributed by atoms with E-state index in [-0.39, 0.29) is 18.8 Å². The highest BCUT2D eigenvalue weighted by Gasteiger charge is 2.63. The Morgan fingerprint density at radius 3 is 2.27 bits per heavy atom. The first-order valence-corrected chi connectivity index (χ1v) is 13.5. The molecular formula is C27H36F3N5O5. The van der Waals surface area contributed by atoms with Crippen molar-refractivity contribution < 1.29 is 37.1 Å². The first-order valence-electron chi connectivity index (χ1n) is 13.5. The van der Waals surface area contributed by atoms with Crippen molar-refractivity contribution >= 4 is 23.7 Å². The van der Waals surface area contributed by atoms with E-state index in [1.54, 1.807) is 30.3 Å². The molecule has 1 aromatic rings. The molecule has 1 saturated heterocycles. The average Bonchev–Trinajstić information content (AvgIpc) is 3.70. The van der Waals surface area contributed by atoms with Crippen LogP contribution in [0.2, 0.25) is 0 Å². The molecule has 3 N–H and O–H groups in total. The zero-order chi connectivity index (χ0) is 29.5. The van der Waals surface area contributed by atoms with Gasteiger partial charge in [-0.05, 0) is 31.2 Å². The molecule has 2 heterocycles. The Labute approximate surface area is 230 Å². The van der Waals surface area contributed by atoms with Gasteiger partial charge in [0, 0.05) is 12.8 Å². The molecule has 1 fully saturated rings. The summed E-state index contributed by atoms with van der Waals surface area (Å²) >= 11 is 0. The Kier molecular flexibility index (Phi) is 10.3. The summed E-state index contributed by atoms with van der Waals surface area (Å²) in [6.45, 7) is 5.26. The highest BCUT2D eigenvalue weighted by atomic mass is 19.4. The Hall–Kier alpha value is -3.51. The Morgan fingerprint density at radius 1 is 1.02 bits per heavy atom. The van der Waals surface area contributed by atoms with Gasteiger partial charge in [-0.2, -0.15) is 13.2 Å². The molecule has 220 valence electrons. The van der Waals surface area contributed by atoms with Crippen molar-refractivity contribution in [3.8, 4) is 0 Å². The monoisotopic (exact) mass is 567 g/mol. The second-order valence-corrected chi connectivity index (χ2v) is 10.5. The van der Waals surface area contributed by atoms with Crippen LogP contribution in [0.25, 0.3) is 0 Å². The van der Waals surface area contributed by atoms with Gasteiger partial charge in [-0.25, -0.2) is 4.79 Å². The van der Waals surface area contributed by atoms with Crippen LogP contribution in [-0.4, -0.2) is 59.8 Å². The SMILES string of the molecule is CCCC[C@H](C)[C@@H]1CC(=O)N[C@H](CCC2(C(F)(F)F)N=N2)C(=O)N[C@@H](Cc2ccccc2)C(=O)N[C@@H](C)C(=O)O1. The lowest BCUT2D eigenvalue weighted by Gasteiger charge is -2.26. The molecule has 2 aliphatic heterocycles. The van der Waals surface area contributed by atoms with Crippen LogP contribution in [0.1, 0.15) is 64.9 Å². The molecule has 10 nitrogen and oxygen atoms in total. The topological polar surface area (TPSA) is 138 Å². The maximum Gasteiger partial charge on any atom is 0.437 e. The summed E-state index contributed by atoms with van der Waals surface area (Å²) in [6.07, 6.45) is -4.60. The maximum absolute atomic E-state index is 13.4. The van der Waals surface area contributed by atoms with Crippen LogP contribution in [0.3, 0.4) is 0 Å². The number of benzene rings is 1. The van der Waals surface area contributed by atoms with Crippen molar-refractivity contribution in [1.82, 2.24) is 16.0 Å². The number of nitrogens with one attached hydrogen (secondary N) is 3. The van der Waals surface area contributed by atoms with Gasteiger partial charge < -0.3 is 20.7 Å². The fourth-order valence-electron chi connectivity index (χ4n) is 4.49. The predicted molar refractivity (Wildman–Crippen MR) is 138 cm³/mol. The molecule has 0 radical (unpaired) electrons. The third-order valence-electron chi connectivity index (χ3n) is 7.16. The van der Waals surface area contributed by atoms with Crippen molar-refractivity contribution in [3.05, 3.63) is 35.9 Å². The van der Waals surface area contributed by atoms with E-state index >= 15 is 0 Å². The standard InChI is InChI=1S/C27H36F3N5O5/c1-4-5-9-16(2)21-15-22(36)32-19(12-13-26(34-35-26)27(28,29)30)23(37)33-20(14-18-10-7-6-8-11-18)24(38)31-17(3)25(39)40-21/h6-8,10-11,16-17,19-21H,4-5,9,12-15H2,1-3H3,(H,31,38)(H,32,36)(H,33,37)/t16-,17-,19+,20-,21-/m0/s1. The van der Waals surface area contributed by atoms with E-state index in [0.717, 1.165) is 12.8 Å². The van der Waals surface area contributed by atoms with E-state index in [1.165, 1.54) is 6.92 Å². The minimum absolute atomic E-state index is 0.0364. The van der Waals surface area contributed by atoms with Crippen molar-refractivity contribution in [3.63, 3.8) is 0 Å². The summed E-state index contributed by atoms with van der Waals surface area (Å²) < 4.78 is 45.9. The average molecular weight is 568 g/mol. The van der Waals surface area contributed by atoms with E-state index in [1.807, 2.05) is 13.8 Å². The molecule has 5 atom stereocenters. The number of unbranched alkanes of at least 4 members (excludes halogenated alkanes) is 1. The van der Waals surface area contributed by atoms with Crippen LogP contribution in [0.5, 0.6) is 0 Å². The number of ether oxygens (including phenoxy) is 1. The zero-order valence-electron chi connectivity index (χ0n) is 22.8. The number of halogens is 3. The van der Waals surface area contributed by atoms with Crippen molar-refractivity contribution in [1.29, 1.82) is 0 Å². The number of carbonyl (C=O) groups is 4. The molecule has 0 aromatic heterocycles. The van der Waals surface area contributed by atoms with Gasteiger partial charge in [-0.3, -0.25) is 14.4 Å². The van der Waals surface area contributed by atoms with Crippen molar-refractivity contribution in [2.75, 3.05) is 0 Å². The number of alkyl halides is 3. The van der Waals surface area contributed by atoms with Crippen LogP contribution in [0.4, 0.5) is 13.2 Å². The maximum atomic E-state index is 13.4. The van der Waals surface area contributed by atoms with E-state index in [4.69, 9.17) is 4.74 Å². The van der Waals surface area contributed by atoms with Gasteiger partial charge >= 0.3 is 12.1 Å². The van der Waals surface area contributed by atoms with Gasteiger partial charge in [0.15, 0.2) is 0 Å². The minimum atomic E-state index is -4.74. The largest absolute Gasteiger partial charge is 0.460 e. The van der Waals surface area contributed by atoms with E-state index in [0.29, 0.717) is 12.0 Å². The van der Waals surface area contributed by atoms with Gasteiger partial charge in [0.25, 0.3) is 5.66 Å². The van der Waals surface area contributed by atoms with Crippen LogP contribution in [0.15, 0.2) is 40.6 Å². The number of hydrogen-bond acceptors (Lipinski definition) is 7. The lowest BCUT2D eigenvalue weighted by atomic mass is 9.95. The van der Waals surface area contributed by atoms with Crippen LogP contribution in [0, 0.1) is 5.92 Å². The molecule has 2 aliphatic rings. The fraction of sp³-hybridized carbons (Fsp3) is 0.630. The quantitative estimate of drug-likeness (QED) is 0.393. The molecule has 0 saturated carbocycles. The van der Waals surface area contributed by atoms with Gasteiger partial charge in [-0.1, -0.05) is 57.0 Å². The number of hydrogen-bond donors (Lipinski definition) is 3. The first-order chi connectivity index (χ1) is 18.8. The summed E-state index contributed by atoms with van der Waals surface area (Å²) in [5, 5.41) is 13.9. The number of cyclic esters (lactones) is 1. The van der Waals surface area contributed by atoms with Crippen molar-refractivity contribution in [2.45, 2.75) is 102 Å². The van der Waals surface area contributed by atoms with Crippen LogP contribution >= 0.6 is 0 Å². The van der Waals surface area contributed by atoms with Gasteiger partial charge in [0.05, 0.1) is 6.42 Å².